The largest absolute Gasteiger partial charge is 0.478 e. The Bertz CT molecular complexity index is 1670. The molecule has 0 aliphatic carbocycles. The van der Waals surface area contributed by atoms with E-state index in [-0.39, 0.29) is 27.9 Å². The van der Waals surface area contributed by atoms with Gasteiger partial charge in [0.1, 0.15) is 5.70 Å². The lowest BCUT2D eigenvalue weighted by atomic mass is 10.1. The van der Waals surface area contributed by atoms with Gasteiger partial charge in [0, 0.05) is 21.8 Å². The van der Waals surface area contributed by atoms with Crippen LogP contribution in [0.15, 0.2) is 108 Å². The first-order valence-electron chi connectivity index (χ1n) is 12.7. The van der Waals surface area contributed by atoms with E-state index in [9.17, 15) is 24.3 Å². The van der Waals surface area contributed by atoms with Crippen LogP contribution in [-0.4, -0.2) is 34.6 Å². The van der Waals surface area contributed by atoms with Crippen LogP contribution in [0.25, 0.3) is 6.08 Å². The molecule has 0 spiro atoms. The van der Waals surface area contributed by atoms with Gasteiger partial charge in [0.15, 0.2) is 0 Å². The van der Waals surface area contributed by atoms with Gasteiger partial charge in [0.05, 0.1) is 16.3 Å². The molecular weight excluding hydrogens is 574 g/mol. The van der Waals surface area contributed by atoms with Crippen LogP contribution in [0.1, 0.15) is 31.8 Å². The molecule has 212 valence electrons. The Morgan fingerprint density at radius 1 is 0.833 bits per heavy atom. The number of rotatable bonds is 10. The molecule has 0 unspecified atom stereocenters. The zero-order valence-electron chi connectivity index (χ0n) is 22.4. The first kappa shape index (κ1) is 30.1. The van der Waals surface area contributed by atoms with Gasteiger partial charge in [-0.1, -0.05) is 60.1 Å². The molecule has 0 fully saturated rings. The highest BCUT2D eigenvalue weighted by Crippen LogP contribution is 2.24. The molecule has 4 N–H and O–H groups in total. The van der Waals surface area contributed by atoms with Crippen LogP contribution in [0.3, 0.4) is 0 Å². The standard InChI is InChI=1S/C32H26ClN3O5S/c1-20-8-5-6-11-22(20)16-28(36-30(38)21-9-3-2-4-10-21)31(39)35-23-12-7-13-25(17-23)42-19-29(37)34-24-14-15-27(33)26(18-24)32(40)41/h2-18H,19H2,1H3,(H,34,37)(H,35,39)(H,36,38)(H,40,41)/b28-16-. The highest BCUT2D eigenvalue weighted by Gasteiger charge is 2.16. The average molecular weight is 600 g/mol. The maximum atomic E-state index is 13.4. The summed E-state index contributed by atoms with van der Waals surface area (Å²) in [6, 6.07) is 27.3. The molecule has 0 aliphatic rings. The Kier molecular flexibility index (Phi) is 10.1. The predicted molar refractivity (Wildman–Crippen MR) is 166 cm³/mol. The predicted octanol–water partition coefficient (Wildman–Crippen LogP) is 6.49. The fourth-order valence-corrected chi connectivity index (χ4v) is 4.77. The number of carbonyl (C=O) groups is 4. The van der Waals surface area contributed by atoms with Crippen molar-refractivity contribution in [1.82, 2.24) is 5.32 Å². The monoisotopic (exact) mass is 599 g/mol. The molecule has 42 heavy (non-hydrogen) atoms. The van der Waals surface area contributed by atoms with Crippen LogP contribution >= 0.6 is 23.4 Å². The SMILES string of the molecule is Cc1ccccc1/C=C(\NC(=O)c1ccccc1)C(=O)Nc1cccc(SCC(=O)Nc2ccc(Cl)c(C(=O)O)c2)c1. The number of carboxylic acids is 1. The Morgan fingerprint density at radius 2 is 1.55 bits per heavy atom. The summed E-state index contributed by atoms with van der Waals surface area (Å²) in [4.78, 5) is 50.7. The van der Waals surface area contributed by atoms with Gasteiger partial charge in [-0.05, 0) is 72.7 Å². The second kappa shape index (κ2) is 14.2. The number of nitrogens with one attached hydrogen (secondary N) is 3. The van der Waals surface area contributed by atoms with Crippen molar-refractivity contribution in [2.24, 2.45) is 0 Å². The summed E-state index contributed by atoms with van der Waals surface area (Å²) in [7, 11) is 0. The molecule has 3 amide bonds. The average Bonchev–Trinajstić information content (AvgIpc) is 2.98. The Hall–Kier alpha value is -4.86. The van der Waals surface area contributed by atoms with Crippen molar-refractivity contribution in [3.05, 3.63) is 130 Å². The quantitative estimate of drug-likeness (QED) is 0.122. The van der Waals surface area contributed by atoms with Crippen LogP contribution in [-0.2, 0) is 9.59 Å². The molecule has 4 aromatic carbocycles. The molecule has 0 bridgehead atoms. The molecule has 4 aromatic rings. The summed E-state index contributed by atoms with van der Waals surface area (Å²) in [6.45, 7) is 1.91. The second-order valence-corrected chi connectivity index (χ2v) is 10.5. The van der Waals surface area contributed by atoms with E-state index in [2.05, 4.69) is 16.0 Å². The molecule has 0 aliphatic heterocycles. The van der Waals surface area contributed by atoms with E-state index >= 15 is 0 Å². The number of anilines is 2. The third kappa shape index (κ3) is 8.33. The van der Waals surface area contributed by atoms with Crippen molar-refractivity contribution in [3.63, 3.8) is 0 Å². The van der Waals surface area contributed by atoms with E-state index in [0.29, 0.717) is 21.8 Å². The molecule has 0 saturated heterocycles. The van der Waals surface area contributed by atoms with E-state index < -0.39 is 17.8 Å². The molecule has 4 rings (SSSR count). The van der Waals surface area contributed by atoms with Crippen LogP contribution < -0.4 is 16.0 Å². The lowest BCUT2D eigenvalue weighted by molar-refractivity contribution is -0.114. The number of aromatic carboxylic acids is 1. The van der Waals surface area contributed by atoms with Gasteiger partial charge in [0.2, 0.25) is 5.91 Å². The number of hydrogen-bond donors (Lipinski definition) is 4. The van der Waals surface area contributed by atoms with Gasteiger partial charge in [0.25, 0.3) is 11.8 Å². The minimum absolute atomic E-state index is 0.0357. The number of aryl methyl sites for hydroxylation is 1. The fourth-order valence-electron chi connectivity index (χ4n) is 3.82. The zero-order chi connectivity index (χ0) is 30.1. The van der Waals surface area contributed by atoms with Crippen LogP contribution in [0.5, 0.6) is 0 Å². The van der Waals surface area contributed by atoms with E-state index in [1.54, 1.807) is 60.7 Å². The summed E-state index contributed by atoms with van der Waals surface area (Å²) in [6.07, 6.45) is 1.63. The number of benzene rings is 4. The molecule has 8 nitrogen and oxygen atoms in total. The molecule has 10 heteroatoms. The number of carbonyl (C=O) groups excluding carboxylic acids is 3. The van der Waals surface area contributed by atoms with E-state index in [4.69, 9.17) is 11.6 Å². The van der Waals surface area contributed by atoms with Crippen LogP contribution in [0.4, 0.5) is 11.4 Å². The highest BCUT2D eigenvalue weighted by molar-refractivity contribution is 8.00. The number of amides is 3. The van der Waals surface area contributed by atoms with E-state index in [1.807, 2.05) is 31.2 Å². The van der Waals surface area contributed by atoms with Crippen molar-refractivity contribution >= 4 is 64.5 Å². The number of halogens is 1. The van der Waals surface area contributed by atoms with Crippen molar-refractivity contribution in [2.45, 2.75) is 11.8 Å². The Morgan fingerprint density at radius 3 is 2.29 bits per heavy atom. The highest BCUT2D eigenvalue weighted by atomic mass is 35.5. The van der Waals surface area contributed by atoms with Crippen molar-refractivity contribution < 1.29 is 24.3 Å². The van der Waals surface area contributed by atoms with E-state index in [1.165, 1.54) is 30.0 Å². The maximum absolute atomic E-state index is 13.4. The normalized spacial score (nSPS) is 11.0. The van der Waals surface area contributed by atoms with Gasteiger partial charge in [-0.2, -0.15) is 0 Å². The fraction of sp³-hybridized carbons (Fsp3) is 0.0625. The molecule has 0 atom stereocenters. The number of carboxylic acid groups (broad SMARTS) is 1. The molecular formula is C32H26ClN3O5S. The second-order valence-electron chi connectivity index (χ2n) is 9.05. The minimum Gasteiger partial charge on any atom is -0.478 e. The Balaban J connectivity index is 1.44. The summed E-state index contributed by atoms with van der Waals surface area (Å²) in [5.74, 6) is -2.44. The summed E-state index contributed by atoms with van der Waals surface area (Å²) in [5, 5.41) is 17.5. The molecule has 0 aromatic heterocycles. The van der Waals surface area contributed by atoms with Crippen molar-refractivity contribution in [1.29, 1.82) is 0 Å². The zero-order valence-corrected chi connectivity index (χ0v) is 24.0. The van der Waals surface area contributed by atoms with Gasteiger partial charge in [-0.15, -0.1) is 11.8 Å². The third-order valence-corrected chi connectivity index (χ3v) is 7.28. The van der Waals surface area contributed by atoms with Crippen molar-refractivity contribution in [3.8, 4) is 0 Å². The Labute approximate surface area is 251 Å². The van der Waals surface area contributed by atoms with Crippen LogP contribution in [0.2, 0.25) is 5.02 Å². The smallest absolute Gasteiger partial charge is 0.337 e. The van der Waals surface area contributed by atoms with E-state index in [0.717, 1.165) is 11.1 Å². The first-order chi connectivity index (χ1) is 20.2. The summed E-state index contributed by atoms with van der Waals surface area (Å²) >= 11 is 7.12. The summed E-state index contributed by atoms with van der Waals surface area (Å²) < 4.78 is 0. The van der Waals surface area contributed by atoms with Crippen LogP contribution in [0, 0.1) is 6.92 Å². The number of hydrogen-bond acceptors (Lipinski definition) is 5. The molecule has 0 saturated carbocycles. The van der Waals surface area contributed by atoms with Gasteiger partial charge in [-0.3, -0.25) is 14.4 Å². The maximum Gasteiger partial charge on any atom is 0.337 e. The lowest BCUT2D eigenvalue weighted by Crippen LogP contribution is -2.30. The number of thioether (sulfide) groups is 1. The minimum atomic E-state index is -1.19. The lowest BCUT2D eigenvalue weighted by Gasteiger charge is -2.13. The summed E-state index contributed by atoms with van der Waals surface area (Å²) in [5.41, 5.74) is 2.87. The van der Waals surface area contributed by atoms with Gasteiger partial charge >= 0.3 is 5.97 Å². The molecule has 0 radical (unpaired) electrons. The first-order valence-corrected chi connectivity index (χ1v) is 14.1. The topological polar surface area (TPSA) is 125 Å². The molecule has 0 heterocycles. The van der Waals surface area contributed by atoms with Gasteiger partial charge in [-0.25, -0.2) is 4.79 Å². The van der Waals surface area contributed by atoms with Crippen molar-refractivity contribution in [2.75, 3.05) is 16.4 Å². The van der Waals surface area contributed by atoms with Gasteiger partial charge < -0.3 is 21.1 Å². The third-order valence-electron chi connectivity index (χ3n) is 5.96.